The molecule has 0 amide bonds. The Hall–Kier alpha value is -1.34. The largest absolute Gasteiger partial charge is 0.312 e. The minimum absolute atomic E-state index is 0.0463. The molecule has 0 saturated carbocycles. The highest BCUT2D eigenvalue weighted by molar-refractivity contribution is 7.99. The van der Waals surface area contributed by atoms with Crippen LogP contribution in [0, 0.1) is 6.92 Å². The van der Waals surface area contributed by atoms with E-state index in [9.17, 15) is 4.79 Å². The van der Waals surface area contributed by atoms with Crippen molar-refractivity contribution in [2.75, 3.05) is 0 Å². The number of H-pyrrole nitrogens is 2. The van der Waals surface area contributed by atoms with Crippen molar-refractivity contribution >= 4 is 23.4 Å². The molecule has 2 aromatic heterocycles. The van der Waals surface area contributed by atoms with E-state index in [2.05, 4.69) is 25.1 Å². The fourth-order valence-electron chi connectivity index (χ4n) is 0.892. The highest BCUT2D eigenvalue weighted by Crippen LogP contribution is 2.25. The Kier molecular flexibility index (Phi) is 2.74. The van der Waals surface area contributed by atoms with Gasteiger partial charge in [0.2, 0.25) is 5.16 Å². The molecule has 8 heteroatoms. The normalized spacial score (nSPS) is 10.5. The van der Waals surface area contributed by atoms with Crippen LogP contribution in [0.5, 0.6) is 0 Å². The van der Waals surface area contributed by atoms with Gasteiger partial charge in [0, 0.05) is 0 Å². The molecule has 0 unspecified atom stereocenters. The van der Waals surface area contributed by atoms with Gasteiger partial charge in [-0.25, -0.2) is 9.97 Å². The summed E-state index contributed by atoms with van der Waals surface area (Å²) in [6, 6.07) is 0. The van der Waals surface area contributed by atoms with Crippen LogP contribution >= 0.6 is 23.4 Å². The molecule has 0 aliphatic rings. The Bertz CT molecular complexity index is 536. The van der Waals surface area contributed by atoms with Crippen molar-refractivity contribution in [3.05, 3.63) is 27.5 Å². The van der Waals surface area contributed by atoms with Crippen molar-refractivity contribution in [1.29, 1.82) is 0 Å². The van der Waals surface area contributed by atoms with Gasteiger partial charge in [0.1, 0.15) is 15.9 Å². The first kappa shape index (κ1) is 10.2. The number of hydrogen-bond donors (Lipinski definition) is 2. The lowest BCUT2D eigenvalue weighted by atomic mass is 10.7. The molecule has 6 nitrogen and oxygen atoms in total. The summed E-state index contributed by atoms with van der Waals surface area (Å²) in [6.07, 6.45) is 1.29. The lowest BCUT2D eigenvalue weighted by Gasteiger charge is -1.96. The van der Waals surface area contributed by atoms with Gasteiger partial charge in [-0.1, -0.05) is 11.6 Å². The van der Waals surface area contributed by atoms with Crippen LogP contribution in [-0.4, -0.2) is 25.1 Å². The molecule has 2 heterocycles. The molecule has 0 aliphatic heterocycles. The van der Waals surface area contributed by atoms with Crippen molar-refractivity contribution in [3.8, 4) is 0 Å². The van der Waals surface area contributed by atoms with Crippen molar-refractivity contribution < 1.29 is 0 Å². The first-order valence-corrected chi connectivity index (χ1v) is 5.16. The summed E-state index contributed by atoms with van der Waals surface area (Å²) in [5, 5.41) is 7.50. The van der Waals surface area contributed by atoms with E-state index >= 15 is 0 Å². The molecule has 0 aromatic carbocycles. The summed E-state index contributed by atoms with van der Waals surface area (Å²) in [6.45, 7) is 1.78. The lowest BCUT2D eigenvalue weighted by molar-refractivity contribution is 0.956. The van der Waals surface area contributed by atoms with Gasteiger partial charge in [0.15, 0.2) is 0 Å². The third kappa shape index (κ3) is 2.18. The number of aromatic amines is 2. The van der Waals surface area contributed by atoms with Crippen LogP contribution in [0.25, 0.3) is 0 Å². The number of aryl methyl sites for hydroxylation is 1. The van der Waals surface area contributed by atoms with E-state index in [0.29, 0.717) is 16.0 Å². The van der Waals surface area contributed by atoms with Crippen molar-refractivity contribution in [3.63, 3.8) is 0 Å². The average molecular weight is 244 g/mol. The first-order valence-electron chi connectivity index (χ1n) is 3.97. The van der Waals surface area contributed by atoms with Crippen molar-refractivity contribution in [1.82, 2.24) is 25.1 Å². The van der Waals surface area contributed by atoms with Crippen LogP contribution < -0.4 is 5.56 Å². The standard InChI is InChI=1S/C7H6ClN5OS/c1-3-11-7(13-12-3)15-6-4(8)5(14)9-2-10-6/h2H,1H3,(H,9,10,14)(H,11,12,13). The average Bonchev–Trinajstić information content (AvgIpc) is 2.59. The molecule has 2 aromatic rings. The molecular weight excluding hydrogens is 238 g/mol. The topological polar surface area (TPSA) is 87.3 Å². The third-order valence-electron chi connectivity index (χ3n) is 1.53. The summed E-state index contributed by atoms with van der Waals surface area (Å²) in [4.78, 5) is 21.5. The molecule has 2 N–H and O–H groups in total. The molecule has 0 aliphatic carbocycles. The maximum Gasteiger partial charge on any atom is 0.270 e. The number of hydrogen-bond acceptors (Lipinski definition) is 5. The highest BCUT2D eigenvalue weighted by atomic mass is 35.5. The predicted octanol–water partition coefficient (Wildman–Crippen LogP) is 1.00. The number of halogens is 1. The van der Waals surface area contributed by atoms with E-state index in [1.165, 1.54) is 6.33 Å². The van der Waals surface area contributed by atoms with Crippen LogP contribution in [0.3, 0.4) is 0 Å². The van der Waals surface area contributed by atoms with Crippen molar-refractivity contribution in [2.45, 2.75) is 17.1 Å². The number of aromatic nitrogens is 5. The molecule has 2 rings (SSSR count). The second-order valence-electron chi connectivity index (χ2n) is 2.66. The Balaban J connectivity index is 2.32. The molecule has 0 atom stereocenters. The molecule has 0 bridgehead atoms. The molecule has 0 radical (unpaired) electrons. The number of nitrogens with zero attached hydrogens (tertiary/aromatic N) is 3. The smallest absolute Gasteiger partial charge is 0.270 e. The summed E-state index contributed by atoms with van der Waals surface area (Å²) < 4.78 is 0. The molecule has 0 fully saturated rings. The maximum absolute atomic E-state index is 11.1. The van der Waals surface area contributed by atoms with Gasteiger partial charge in [-0.05, 0) is 18.7 Å². The van der Waals surface area contributed by atoms with Crippen LogP contribution in [0.1, 0.15) is 5.82 Å². The SMILES string of the molecule is Cc1nc(Sc2nc[nH]c(=O)c2Cl)n[nH]1. The van der Waals surface area contributed by atoms with Crippen LogP contribution in [-0.2, 0) is 0 Å². The van der Waals surface area contributed by atoms with E-state index in [0.717, 1.165) is 11.8 Å². The van der Waals surface area contributed by atoms with E-state index in [-0.39, 0.29) is 10.6 Å². The van der Waals surface area contributed by atoms with E-state index in [1.54, 1.807) is 6.92 Å². The zero-order chi connectivity index (χ0) is 10.8. The third-order valence-corrected chi connectivity index (χ3v) is 2.86. The summed E-state index contributed by atoms with van der Waals surface area (Å²) in [5.74, 6) is 0.693. The summed E-state index contributed by atoms with van der Waals surface area (Å²) in [7, 11) is 0. The Labute approximate surface area is 93.5 Å². The van der Waals surface area contributed by atoms with Gasteiger partial charge >= 0.3 is 0 Å². The Morgan fingerprint density at radius 3 is 3.00 bits per heavy atom. The summed E-state index contributed by atoms with van der Waals surface area (Å²) in [5.41, 5.74) is -0.374. The lowest BCUT2D eigenvalue weighted by Crippen LogP contribution is -2.07. The highest BCUT2D eigenvalue weighted by Gasteiger charge is 2.10. The molecular formula is C7H6ClN5OS. The first-order chi connectivity index (χ1) is 7.16. The van der Waals surface area contributed by atoms with Gasteiger partial charge in [-0.15, -0.1) is 5.10 Å². The Morgan fingerprint density at radius 1 is 1.53 bits per heavy atom. The van der Waals surface area contributed by atoms with Gasteiger partial charge in [-0.3, -0.25) is 9.89 Å². The van der Waals surface area contributed by atoms with E-state index < -0.39 is 0 Å². The maximum atomic E-state index is 11.1. The number of rotatable bonds is 2. The van der Waals surface area contributed by atoms with Crippen LogP contribution in [0.2, 0.25) is 5.02 Å². The van der Waals surface area contributed by atoms with Gasteiger partial charge in [0.25, 0.3) is 5.56 Å². The fraction of sp³-hybridized carbons (Fsp3) is 0.143. The Morgan fingerprint density at radius 2 is 2.33 bits per heavy atom. The molecule has 0 saturated heterocycles. The minimum atomic E-state index is -0.374. The second-order valence-corrected chi connectivity index (χ2v) is 3.99. The minimum Gasteiger partial charge on any atom is -0.312 e. The molecule has 0 spiro atoms. The van der Waals surface area contributed by atoms with Gasteiger partial charge in [0.05, 0.1) is 6.33 Å². The molecule has 78 valence electrons. The fourth-order valence-corrected chi connectivity index (χ4v) is 1.85. The number of nitrogens with one attached hydrogen (secondary N) is 2. The van der Waals surface area contributed by atoms with Gasteiger partial charge in [-0.2, -0.15) is 0 Å². The van der Waals surface area contributed by atoms with Crippen molar-refractivity contribution in [2.24, 2.45) is 0 Å². The van der Waals surface area contributed by atoms with E-state index in [4.69, 9.17) is 11.6 Å². The second kappa shape index (κ2) is 4.03. The monoisotopic (exact) mass is 243 g/mol. The zero-order valence-corrected chi connectivity index (χ0v) is 9.19. The zero-order valence-electron chi connectivity index (χ0n) is 7.61. The van der Waals surface area contributed by atoms with E-state index in [1.807, 2.05) is 0 Å². The summed E-state index contributed by atoms with van der Waals surface area (Å²) >= 11 is 6.89. The van der Waals surface area contributed by atoms with Gasteiger partial charge < -0.3 is 4.98 Å². The van der Waals surface area contributed by atoms with Crippen LogP contribution in [0.4, 0.5) is 0 Å². The van der Waals surface area contributed by atoms with Crippen LogP contribution in [0.15, 0.2) is 21.3 Å². The predicted molar refractivity (Wildman–Crippen MR) is 55.1 cm³/mol. The molecule has 15 heavy (non-hydrogen) atoms. The quantitative estimate of drug-likeness (QED) is 0.769.